The summed E-state index contributed by atoms with van der Waals surface area (Å²) in [4.78, 5) is 3.16. The van der Waals surface area contributed by atoms with Crippen LogP contribution in [-0.2, 0) is 0 Å². The van der Waals surface area contributed by atoms with E-state index >= 15 is 0 Å². The van der Waals surface area contributed by atoms with Crippen molar-refractivity contribution in [3.63, 3.8) is 0 Å². The highest BCUT2D eigenvalue weighted by atomic mass is 19.1. The number of nitrogens with zero attached hydrogens (tertiary/aromatic N) is 1. The van der Waals surface area contributed by atoms with Crippen LogP contribution in [0.15, 0.2) is 18.2 Å². The average Bonchev–Trinajstić information content (AvgIpc) is 1.95. The van der Waals surface area contributed by atoms with Gasteiger partial charge in [-0.05, 0) is 18.6 Å². The van der Waals surface area contributed by atoms with Crippen molar-refractivity contribution in [2.75, 3.05) is 0 Å². The number of hydrogen-bond donors (Lipinski definition) is 0. The zero-order valence-corrected chi connectivity index (χ0v) is 5.56. The lowest BCUT2D eigenvalue weighted by Crippen LogP contribution is -1.77. The molecule has 0 spiro atoms. The molecule has 1 nitrogen and oxygen atoms in total. The summed E-state index contributed by atoms with van der Waals surface area (Å²) in [6.45, 7) is 8.26. The molecule has 0 aliphatic rings. The summed E-state index contributed by atoms with van der Waals surface area (Å²) >= 11 is 0. The monoisotopic (exact) mass is 135 g/mol. The topological polar surface area (TPSA) is 4.36 Å². The number of aryl methyl sites for hydroxylation is 1. The molecule has 0 aliphatic carbocycles. The zero-order valence-electron chi connectivity index (χ0n) is 5.56. The second kappa shape index (κ2) is 2.49. The van der Waals surface area contributed by atoms with E-state index in [2.05, 4.69) is 4.85 Å². The molecule has 0 aromatic heterocycles. The predicted molar refractivity (Wildman–Crippen MR) is 37.4 cm³/mol. The summed E-state index contributed by atoms with van der Waals surface area (Å²) in [5.41, 5.74) is 1.01. The van der Waals surface area contributed by atoms with Crippen LogP contribution >= 0.6 is 0 Å². The molecule has 0 unspecified atom stereocenters. The molecule has 1 rings (SSSR count). The highest BCUT2D eigenvalue weighted by molar-refractivity contribution is 5.46. The molecule has 0 atom stereocenters. The van der Waals surface area contributed by atoms with Gasteiger partial charge in [0.1, 0.15) is 5.82 Å². The number of benzene rings is 1. The summed E-state index contributed by atoms with van der Waals surface area (Å²) < 4.78 is 12.5. The van der Waals surface area contributed by atoms with Crippen LogP contribution < -0.4 is 0 Å². The van der Waals surface area contributed by atoms with Crippen LogP contribution in [0.1, 0.15) is 5.56 Å². The summed E-state index contributed by atoms with van der Waals surface area (Å²) in [5, 5.41) is 0. The molecule has 0 radical (unpaired) electrons. The Morgan fingerprint density at radius 1 is 1.50 bits per heavy atom. The lowest BCUT2D eigenvalue weighted by molar-refractivity contribution is 0.619. The fraction of sp³-hybridized carbons (Fsp3) is 0.125. The van der Waals surface area contributed by atoms with E-state index in [9.17, 15) is 4.39 Å². The maximum Gasteiger partial charge on any atom is 0.187 e. The van der Waals surface area contributed by atoms with E-state index in [1.54, 1.807) is 6.92 Å². The Labute approximate surface area is 58.9 Å². The molecule has 1 aromatic rings. The van der Waals surface area contributed by atoms with Gasteiger partial charge < -0.3 is 0 Å². The van der Waals surface area contributed by atoms with Gasteiger partial charge in [0.2, 0.25) is 0 Å². The van der Waals surface area contributed by atoms with E-state index in [4.69, 9.17) is 6.57 Å². The Kier molecular flexibility index (Phi) is 1.68. The molecule has 2 heteroatoms. The van der Waals surface area contributed by atoms with Gasteiger partial charge in [-0.2, -0.15) is 0 Å². The van der Waals surface area contributed by atoms with Crippen molar-refractivity contribution in [1.82, 2.24) is 0 Å². The minimum absolute atomic E-state index is 0.257. The highest BCUT2D eigenvalue weighted by Crippen LogP contribution is 2.15. The third kappa shape index (κ3) is 1.14. The third-order valence-corrected chi connectivity index (χ3v) is 1.27. The summed E-state index contributed by atoms with van der Waals surface area (Å²) in [6.07, 6.45) is 0. The zero-order chi connectivity index (χ0) is 7.56. The van der Waals surface area contributed by atoms with Crippen molar-refractivity contribution >= 4 is 5.69 Å². The van der Waals surface area contributed by atoms with Gasteiger partial charge in [0.25, 0.3) is 0 Å². The lowest BCUT2D eigenvalue weighted by atomic mass is 10.2. The highest BCUT2D eigenvalue weighted by Gasteiger charge is 1.96. The number of hydrogen-bond acceptors (Lipinski definition) is 0. The maximum atomic E-state index is 12.5. The van der Waals surface area contributed by atoms with E-state index in [1.165, 1.54) is 18.2 Å². The van der Waals surface area contributed by atoms with E-state index in [1.807, 2.05) is 0 Å². The Morgan fingerprint density at radius 3 is 2.70 bits per heavy atom. The molecule has 0 N–H and O–H groups in total. The van der Waals surface area contributed by atoms with Crippen molar-refractivity contribution in [2.45, 2.75) is 6.92 Å². The van der Waals surface area contributed by atoms with Gasteiger partial charge >= 0.3 is 0 Å². The van der Waals surface area contributed by atoms with E-state index in [0.29, 0.717) is 11.3 Å². The van der Waals surface area contributed by atoms with Crippen LogP contribution in [0.3, 0.4) is 0 Å². The molecule has 0 fully saturated rings. The van der Waals surface area contributed by atoms with Crippen LogP contribution in [0.5, 0.6) is 0 Å². The Hall–Kier alpha value is -1.36. The molecule has 0 saturated heterocycles. The van der Waals surface area contributed by atoms with Gasteiger partial charge in [0.15, 0.2) is 5.69 Å². The van der Waals surface area contributed by atoms with E-state index in [-0.39, 0.29) is 5.82 Å². The van der Waals surface area contributed by atoms with Gasteiger partial charge in [-0.15, -0.1) is 0 Å². The second-order valence-corrected chi connectivity index (χ2v) is 2.05. The van der Waals surface area contributed by atoms with Crippen LogP contribution in [0.25, 0.3) is 4.85 Å². The summed E-state index contributed by atoms with van der Waals surface area (Å²) in [5.74, 6) is -0.257. The maximum absolute atomic E-state index is 12.5. The molecule has 0 heterocycles. The van der Waals surface area contributed by atoms with Crippen molar-refractivity contribution < 1.29 is 4.39 Å². The van der Waals surface area contributed by atoms with Crippen molar-refractivity contribution in [3.8, 4) is 0 Å². The summed E-state index contributed by atoms with van der Waals surface area (Å²) in [6, 6.07) is 4.31. The SMILES string of the molecule is [C-]#[N+]c1ccc(F)c(C)c1. The Balaban J connectivity index is 3.20. The summed E-state index contributed by atoms with van der Waals surface area (Å²) in [7, 11) is 0. The molecule has 0 saturated carbocycles. The van der Waals surface area contributed by atoms with Crippen molar-refractivity contribution in [2.24, 2.45) is 0 Å². The smallest absolute Gasteiger partial charge is 0.187 e. The lowest BCUT2D eigenvalue weighted by Gasteiger charge is -1.93. The van der Waals surface area contributed by atoms with Gasteiger partial charge in [-0.3, -0.25) is 0 Å². The van der Waals surface area contributed by atoms with E-state index < -0.39 is 0 Å². The fourth-order valence-electron chi connectivity index (χ4n) is 0.698. The molecule has 0 aliphatic heterocycles. The van der Waals surface area contributed by atoms with E-state index in [0.717, 1.165) is 0 Å². The Bertz CT molecular complexity index is 286. The van der Waals surface area contributed by atoms with Crippen LogP contribution in [0.2, 0.25) is 0 Å². The van der Waals surface area contributed by atoms with Gasteiger partial charge in [-0.25, -0.2) is 9.24 Å². The number of halogens is 1. The average molecular weight is 135 g/mol. The van der Waals surface area contributed by atoms with Crippen LogP contribution in [0.4, 0.5) is 10.1 Å². The molecule has 1 aromatic carbocycles. The quantitative estimate of drug-likeness (QED) is 0.482. The largest absolute Gasteiger partial charge is 0.238 e. The van der Waals surface area contributed by atoms with Crippen molar-refractivity contribution in [3.05, 3.63) is 41.0 Å². The normalized spacial score (nSPS) is 8.90. The molecule has 0 amide bonds. The molecular weight excluding hydrogens is 129 g/mol. The fourth-order valence-corrected chi connectivity index (χ4v) is 0.698. The minimum Gasteiger partial charge on any atom is -0.238 e. The second-order valence-electron chi connectivity index (χ2n) is 2.05. The molecule has 10 heavy (non-hydrogen) atoms. The Morgan fingerprint density at radius 2 is 2.20 bits per heavy atom. The first kappa shape index (κ1) is 6.76. The van der Waals surface area contributed by atoms with Gasteiger partial charge in [0.05, 0.1) is 6.57 Å². The van der Waals surface area contributed by atoms with Gasteiger partial charge in [0, 0.05) is 0 Å². The standard InChI is InChI=1S/C8H6FN/c1-6-5-7(10-2)3-4-8(6)9/h3-5H,1H3. The van der Waals surface area contributed by atoms with Gasteiger partial charge in [-0.1, -0.05) is 12.1 Å². The first-order valence-electron chi connectivity index (χ1n) is 2.87. The minimum atomic E-state index is -0.257. The molecular formula is C8H6FN. The van der Waals surface area contributed by atoms with Crippen molar-refractivity contribution in [1.29, 1.82) is 0 Å². The first-order chi connectivity index (χ1) is 4.74. The third-order valence-electron chi connectivity index (χ3n) is 1.27. The molecule has 50 valence electrons. The number of rotatable bonds is 0. The van der Waals surface area contributed by atoms with Crippen LogP contribution in [0, 0.1) is 19.3 Å². The molecule has 0 bridgehead atoms. The predicted octanol–water partition coefficient (Wildman–Crippen LogP) is 2.68. The van der Waals surface area contributed by atoms with Crippen LogP contribution in [-0.4, -0.2) is 0 Å². The first-order valence-corrected chi connectivity index (χ1v) is 2.87.